The van der Waals surface area contributed by atoms with E-state index in [1.807, 2.05) is 17.0 Å². The van der Waals surface area contributed by atoms with Crippen molar-refractivity contribution in [2.45, 2.75) is 18.9 Å². The van der Waals surface area contributed by atoms with E-state index in [1.54, 1.807) is 22.8 Å². The Morgan fingerprint density at radius 2 is 1.87 bits per heavy atom. The summed E-state index contributed by atoms with van der Waals surface area (Å²) < 4.78 is 30.0. The minimum Gasteiger partial charge on any atom is -0.369 e. The molecule has 1 N–H and O–H groups in total. The van der Waals surface area contributed by atoms with E-state index in [4.69, 9.17) is 16.6 Å². The van der Waals surface area contributed by atoms with Gasteiger partial charge in [-0.05, 0) is 62.4 Å². The fourth-order valence-corrected chi connectivity index (χ4v) is 5.64. The predicted molar refractivity (Wildman–Crippen MR) is 148 cm³/mol. The number of benzene rings is 2. The van der Waals surface area contributed by atoms with Crippen molar-refractivity contribution < 1.29 is 13.6 Å². The lowest BCUT2D eigenvalue weighted by Gasteiger charge is -2.34. The number of nitrogens with zero attached hydrogens (tertiary/aromatic N) is 6. The third kappa shape index (κ3) is 5.02. The van der Waals surface area contributed by atoms with E-state index in [0.29, 0.717) is 46.3 Å². The maximum Gasteiger partial charge on any atom is 0.257 e. The molecule has 0 spiro atoms. The van der Waals surface area contributed by atoms with Gasteiger partial charge < -0.3 is 20.0 Å². The number of carbonyl (C=O) groups is 1. The Kier molecular flexibility index (Phi) is 6.82. The molecule has 8 nitrogen and oxygen atoms in total. The quantitative estimate of drug-likeness (QED) is 0.376. The second-order valence-corrected chi connectivity index (χ2v) is 10.4. The highest BCUT2D eigenvalue weighted by atomic mass is 35.5. The topological polar surface area (TPSA) is 69.0 Å². The van der Waals surface area contributed by atoms with Crippen LogP contribution in [0.1, 0.15) is 34.8 Å². The average Bonchev–Trinajstić information content (AvgIpc) is 3.57. The third-order valence-electron chi connectivity index (χ3n) is 7.53. The van der Waals surface area contributed by atoms with Crippen LogP contribution in [-0.4, -0.2) is 65.2 Å². The van der Waals surface area contributed by atoms with E-state index >= 15 is 0 Å². The second-order valence-electron chi connectivity index (χ2n) is 10.0. The SMILES string of the molecule is CN1CCN(c2ccc(C(=O)Nc3cnn4ccc(N5CCCC5c5cc(F)ccc5F)nc34)c(Cl)c2)CC1. The number of likely N-dealkylation sites (N-methyl/N-ethyl adjacent to an activating group) is 1. The van der Waals surface area contributed by atoms with E-state index in [0.717, 1.165) is 50.4 Å². The van der Waals surface area contributed by atoms with E-state index in [-0.39, 0.29) is 11.9 Å². The highest BCUT2D eigenvalue weighted by molar-refractivity contribution is 6.34. The number of carbonyl (C=O) groups excluding carboxylic acids is 1. The molecule has 0 bridgehead atoms. The van der Waals surface area contributed by atoms with Crippen LogP contribution in [0.4, 0.5) is 26.0 Å². The monoisotopic (exact) mass is 551 g/mol. The fourth-order valence-electron chi connectivity index (χ4n) is 5.38. The van der Waals surface area contributed by atoms with Gasteiger partial charge in [0, 0.05) is 50.2 Å². The molecular formula is C28H28ClF2N7O. The summed E-state index contributed by atoms with van der Waals surface area (Å²) in [6, 6.07) is 10.5. The van der Waals surface area contributed by atoms with Gasteiger partial charge in [-0.3, -0.25) is 4.79 Å². The van der Waals surface area contributed by atoms with Crippen molar-refractivity contribution in [1.82, 2.24) is 19.5 Å². The lowest BCUT2D eigenvalue weighted by Crippen LogP contribution is -2.44. The molecule has 1 unspecified atom stereocenters. The molecule has 2 aromatic heterocycles. The molecule has 2 saturated heterocycles. The van der Waals surface area contributed by atoms with Crippen LogP contribution in [0, 0.1) is 11.6 Å². The largest absolute Gasteiger partial charge is 0.369 e. The Balaban J connectivity index is 1.23. The Morgan fingerprint density at radius 1 is 1.05 bits per heavy atom. The first-order valence-electron chi connectivity index (χ1n) is 13.0. The van der Waals surface area contributed by atoms with Crippen molar-refractivity contribution in [1.29, 1.82) is 0 Å². The molecule has 6 rings (SSSR count). The number of nitrogens with one attached hydrogen (secondary N) is 1. The van der Waals surface area contributed by atoms with E-state index < -0.39 is 11.6 Å². The Labute approximate surface area is 229 Å². The smallest absolute Gasteiger partial charge is 0.257 e. The fraction of sp³-hybridized carbons (Fsp3) is 0.321. The van der Waals surface area contributed by atoms with E-state index in [1.165, 1.54) is 12.3 Å². The number of amides is 1. The van der Waals surface area contributed by atoms with Gasteiger partial charge in [-0.2, -0.15) is 5.10 Å². The van der Waals surface area contributed by atoms with Crippen LogP contribution in [0.15, 0.2) is 54.9 Å². The number of hydrogen-bond donors (Lipinski definition) is 1. The van der Waals surface area contributed by atoms with Gasteiger partial charge in [0.05, 0.1) is 22.8 Å². The summed E-state index contributed by atoms with van der Waals surface area (Å²) in [6.07, 6.45) is 4.77. The summed E-state index contributed by atoms with van der Waals surface area (Å²) in [5.74, 6) is -0.688. The molecule has 1 atom stereocenters. The van der Waals surface area contributed by atoms with Crippen LogP contribution in [-0.2, 0) is 0 Å². The number of hydrogen-bond acceptors (Lipinski definition) is 6. The van der Waals surface area contributed by atoms with E-state index in [9.17, 15) is 13.6 Å². The van der Waals surface area contributed by atoms with Crippen LogP contribution in [0.25, 0.3) is 5.65 Å². The van der Waals surface area contributed by atoms with Crippen molar-refractivity contribution in [3.05, 3.63) is 82.6 Å². The lowest BCUT2D eigenvalue weighted by atomic mass is 10.0. The summed E-state index contributed by atoms with van der Waals surface area (Å²) in [5, 5.41) is 7.56. The van der Waals surface area contributed by atoms with Gasteiger partial charge in [0.2, 0.25) is 0 Å². The van der Waals surface area contributed by atoms with Gasteiger partial charge in [-0.15, -0.1) is 0 Å². The first-order chi connectivity index (χ1) is 18.9. The molecule has 11 heteroatoms. The minimum atomic E-state index is -0.474. The molecule has 202 valence electrons. The normalized spacial score (nSPS) is 18.2. The number of rotatable bonds is 5. The van der Waals surface area contributed by atoms with E-state index in [2.05, 4.69) is 27.3 Å². The third-order valence-corrected chi connectivity index (χ3v) is 7.85. The molecule has 4 aromatic rings. The van der Waals surface area contributed by atoms with Crippen molar-refractivity contribution in [3.8, 4) is 0 Å². The standard InChI is InChI=1S/C28H28ClF2N7O/c1-35-11-13-36(14-12-35)19-5-6-20(22(29)16-19)28(39)33-24-17-32-38-10-8-26(34-27(24)38)37-9-2-3-25(37)21-15-18(30)4-7-23(21)31/h4-8,10,15-17,25H,2-3,9,11-14H2,1H3,(H,33,39). The van der Waals surface area contributed by atoms with Crippen molar-refractivity contribution >= 4 is 40.3 Å². The molecule has 4 heterocycles. The molecule has 0 radical (unpaired) electrons. The lowest BCUT2D eigenvalue weighted by molar-refractivity contribution is 0.102. The van der Waals surface area contributed by atoms with Crippen LogP contribution in [0.5, 0.6) is 0 Å². The Bertz CT molecular complexity index is 1540. The Morgan fingerprint density at radius 3 is 2.67 bits per heavy atom. The van der Waals surface area contributed by atoms with Gasteiger partial charge in [0.25, 0.3) is 5.91 Å². The van der Waals surface area contributed by atoms with Gasteiger partial charge in [-0.1, -0.05) is 11.6 Å². The van der Waals surface area contributed by atoms with Gasteiger partial charge in [0.1, 0.15) is 23.1 Å². The highest BCUT2D eigenvalue weighted by Crippen LogP contribution is 2.37. The number of aromatic nitrogens is 3. The molecule has 39 heavy (non-hydrogen) atoms. The van der Waals surface area contributed by atoms with Crippen molar-refractivity contribution in [3.63, 3.8) is 0 Å². The summed E-state index contributed by atoms with van der Waals surface area (Å²) in [6.45, 7) is 4.39. The molecule has 1 amide bonds. The molecule has 0 aliphatic carbocycles. The number of piperazine rings is 1. The van der Waals surface area contributed by atoms with Gasteiger partial charge >= 0.3 is 0 Å². The van der Waals surface area contributed by atoms with Crippen LogP contribution < -0.4 is 15.1 Å². The number of fused-ring (bicyclic) bond motifs is 1. The molecule has 2 fully saturated rings. The zero-order valence-electron chi connectivity index (χ0n) is 21.4. The molecule has 2 aromatic carbocycles. The summed E-state index contributed by atoms with van der Waals surface area (Å²) in [4.78, 5) is 24.4. The zero-order valence-corrected chi connectivity index (χ0v) is 22.2. The van der Waals surface area contributed by atoms with Crippen LogP contribution >= 0.6 is 11.6 Å². The summed E-state index contributed by atoms with van der Waals surface area (Å²) in [5.41, 5.74) is 2.52. The van der Waals surface area contributed by atoms with Crippen LogP contribution in [0.2, 0.25) is 5.02 Å². The average molecular weight is 552 g/mol. The molecule has 0 saturated carbocycles. The van der Waals surface area contributed by atoms with Crippen LogP contribution in [0.3, 0.4) is 0 Å². The maximum atomic E-state index is 14.6. The van der Waals surface area contributed by atoms with Gasteiger partial charge in [-0.25, -0.2) is 18.3 Å². The molecule has 2 aliphatic heterocycles. The predicted octanol–water partition coefficient (Wildman–Crippen LogP) is 5.01. The maximum absolute atomic E-state index is 14.6. The first-order valence-corrected chi connectivity index (χ1v) is 13.4. The minimum absolute atomic E-state index is 0.311. The Hall–Kier alpha value is -3.76. The number of anilines is 3. The van der Waals surface area contributed by atoms with Crippen molar-refractivity contribution in [2.24, 2.45) is 0 Å². The highest BCUT2D eigenvalue weighted by Gasteiger charge is 2.30. The zero-order chi connectivity index (χ0) is 27.1. The van der Waals surface area contributed by atoms with Crippen molar-refractivity contribution in [2.75, 3.05) is 54.9 Å². The molecule has 2 aliphatic rings. The second kappa shape index (κ2) is 10.4. The van der Waals surface area contributed by atoms with Gasteiger partial charge in [0.15, 0.2) is 5.65 Å². The molecular weight excluding hydrogens is 524 g/mol. The summed E-state index contributed by atoms with van der Waals surface area (Å²) >= 11 is 6.54. The summed E-state index contributed by atoms with van der Waals surface area (Å²) in [7, 11) is 2.10. The first kappa shape index (κ1) is 25.5. The number of halogens is 3.